The zero-order valence-corrected chi connectivity index (χ0v) is 9.23. The van der Waals surface area contributed by atoms with Crippen molar-refractivity contribution in [2.75, 3.05) is 6.61 Å². The van der Waals surface area contributed by atoms with Gasteiger partial charge in [-0.1, -0.05) is 19.1 Å². The summed E-state index contributed by atoms with van der Waals surface area (Å²) in [5, 5.41) is 0. The van der Waals surface area contributed by atoms with Crippen LogP contribution in [0.1, 0.15) is 30.1 Å². The number of rotatable bonds is 3. The molecule has 0 aliphatic carbocycles. The number of ketones is 2. The first kappa shape index (κ1) is 10.9. The van der Waals surface area contributed by atoms with E-state index >= 15 is 0 Å². The Hall–Kier alpha value is -1.64. The molecule has 84 valence electrons. The molecule has 0 aromatic heterocycles. The lowest BCUT2D eigenvalue weighted by Gasteiger charge is -2.23. The monoisotopic (exact) mass is 218 g/mol. The van der Waals surface area contributed by atoms with Crippen LogP contribution in [0.15, 0.2) is 24.3 Å². The Balaban J connectivity index is 2.18. The molecule has 3 nitrogen and oxygen atoms in total. The zero-order chi connectivity index (χ0) is 11.5. The van der Waals surface area contributed by atoms with E-state index in [4.69, 9.17) is 4.74 Å². The van der Waals surface area contributed by atoms with Crippen molar-refractivity contribution in [1.29, 1.82) is 0 Å². The van der Waals surface area contributed by atoms with E-state index in [0.717, 1.165) is 0 Å². The van der Waals surface area contributed by atoms with Gasteiger partial charge in [0.2, 0.25) is 0 Å². The molecule has 0 bridgehead atoms. The Labute approximate surface area is 94.4 Å². The lowest BCUT2D eigenvalue weighted by atomic mass is 9.90. The smallest absolute Gasteiger partial charge is 0.173 e. The SMILES string of the molecule is CCC(=O)CC1COc2ccccc2C1=O. The van der Waals surface area contributed by atoms with Crippen molar-refractivity contribution >= 4 is 11.6 Å². The second kappa shape index (κ2) is 4.47. The van der Waals surface area contributed by atoms with Crippen molar-refractivity contribution in [1.82, 2.24) is 0 Å². The van der Waals surface area contributed by atoms with Crippen LogP contribution in [0.4, 0.5) is 0 Å². The third-order valence-electron chi connectivity index (χ3n) is 2.83. The lowest BCUT2D eigenvalue weighted by Crippen LogP contribution is -2.29. The molecule has 0 saturated heterocycles. The Morgan fingerprint density at radius 2 is 2.19 bits per heavy atom. The molecule has 0 radical (unpaired) electrons. The Bertz CT molecular complexity index is 423. The summed E-state index contributed by atoms with van der Waals surface area (Å²) in [4.78, 5) is 23.4. The molecule has 1 atom stereocenters. The lowest BCUT2D eigenvalue weighted by molar-refractivity contribution is -0.119. The van der Waals surface area contributed by atoms with E-state index in [-0.39, 0.29) is 17.5 Å². The molecule has 16 heavy (non-hydrogen) atoms. The second-order valence-corrected chi connectivity index (χ2v) is 3.96. The molecular weight excluding hydrogens is 204 g/mol. The van der Waals surface area contributed by atoms with Crippen LogP contribution in [0.25, 0.3) is 0 Å². The van der Waals surface area contributed by atoms with Crippen molar-refractivity contribution < 1.29 is 14.3 Å². The number of benzene rings is 1. The van der Waals surface area contributed by atoms with Gasteiger partial charge >= 0.3 is 0 Å². The van der Waals surface area contributed by atoms with Gasteiger partial charge in [0.25, 0.3) is 0 Å². The third kappa shape index (κ3) is 1.98. The molecule has 2 rings (SSSR count). The average molecular weight is 218 g/mol. The summed E-state index contributed by atoms with van der Waals surface area (Å²) in [6.07, 6.45) is 0.773. The minimum Gasteiger partial charge on any atom is -0.492 e. The van der Waals surface area contributed by atoms with Crippen LogP contribution < -0.4 is 4.74 Å². The molecule has 3 heteroatoms. The fraction of sp³-hybridized carbons (Fsp3) is 0.385. The molecule has 1 heterocycles. The minimum atomic E-state index is -0.303. The van der Waals surface area contributed by atoms with Crippen LogP contribution in [0.5, 0.6) is 5.75 Å². The quantitative estimate of drug-likeness (QED) is 0.781. The molecule has 1 aromatic rings. The summed E-state index contributed by atoms with van der Waals surface area (Å²) < 4.78 is 5.48. The normalized spacial score (nSPS) is 18.8. The summed E-state index contributed by atoms with van der Waals surface area (Å²) in [7, 11) is 0. The van der Waals surface area contributed by atoms with Gasteiger partial charge in [-0.2, -0.15) is 0 Å². The van der Waals surface area contributed by atoms with Crippen LogP contribution in [-0.4, -0.2) is 18.2 Å². The number of Topliss-reactive ketones (excluding diaryl/α,β-unsaturated/α-hetero) is 2. The number of ether oxygens (including phenoxy) is 1. The first-order chi connectivity index (χ1) is 7.72. The highest BCUT2D eigenvalue weighted by molar-refractivity contribution is 6.03. The zero-order valence-electron chi connectivity index (χ0n) is 9.23. The first-order valence-corrected chi connectivity index (χ1v) is 5.50. The molecule has 1 aromatic carbocycles. The Kier molecular flexibility index (Phi) is 3.04. The molecule has 0 spiro atoms. The van der Waals surface area contributed by atoms with Crippen LogP contribution in [0.3, 0.4) is 0 Å². The number of carbonyl (C=O) groups is 2. The number of carbonyl (C=O) groups excluding carboxylic acids is 2. The van der Waals surface area contributed by atoms with Crippen molar-refractivity contribution in [2.45, 2.75) is 19.8 Å². The summed E-state index contributed by atoms with van der Waals surface area (Å²) in [6, 6.07) is 7.18. The summed E-state index contributed by atoms with van der Waals surface area (Å²) in [6.45, 7) is 2.13. The van der Waals surface area contributed by atoms with E-state index in [1.807, 2.05) is 19.1 Å². The van der Waals surface area contributed by atoms with Crippen molar-refractivity contribution in [3.8, 4) is 5.75 Å². The number of hydrogen-bond acceptors (Lipinski definition) is 3. The van der Waals surface area contributed by atoms with E-state index in [9.17, 15) is 9.59 Å². The van der Waals surface area contributed by atoms with E-state index in [2.05, 4.69) is 0 Å². The van der Waals surface area contributed by atoms with E-state index in [1.54, 1.807) is 12.1 Å². The number of hydrogen-bond donors (Lipinski definition) is 0. The molecular formula is C13H14O3. The molecule has 1 unspecified atom stereocenters. The largest absolute Gasteiger partial charge is 0.492 e. The maximum atomic E-state index is 12.0. The van der Waals surface area contributed by atoms with Crippen LogP contribution >= 0.6 is 0 Å². The van der Waals surface area contributed by atoms with Crippen molar-refractivity contribution in [2.24, 2.45) is 5.92 Å². The predicted molar refractivity (Wildman–Crippen MR) is 59.7 cm³/mol. The third-order valence-corrected chi connectivity index (χ3v) is 2.83. The summed E-state index contributed by atoms with van der Waals surface area (Å²) >= 11 is 0. The van der Waals surface area contributed by atoms with Gasteiger partial charge in [-0.15, -0.1) is 0 Å². The molecule has 0 N–H and O–H groups in total. The maximum absolute atomic E-state index is 12.0. The van der Waals surface area contributed by atoms with Gasteiger partial charge in [-0.05, 0) is 12.1 Å². The maximum Gasteiger partial charge on any atom is 0.173 e. The first-order valence-electron chi connectivity index (χ1n) is 5.50. The van der Waals surface area contributed by atoms with Gasteiger partial charge in [0.05, 0.1) is 18.1 Å². The molecule has 0 amide bonds. The average Bonchev–Trinajstić information content (AvgIpc) is 2.33. The topological polar surface area (TPSA) is 43.4 Å². The molecule has 0 saturated carbocycles. The Morgan fingerprint density at radius 1 is 1.44 bits per heavy atom. The fourth-order valence-corrected chi connectivity index (χ4v) is 1.85. The van der Waals surface area contributed by atoms with Gasteiger partial charge in [-0.3, -0.25) is 9.59 Å². The van der Waals surface area contributed by atoms with E-state index in [0.29, 0.717) is 30.8 Å². The van der Waals surface area contributed by atoms with Gasteiger partial charge in [0, 0.05) is 12.8 Å². The summed E-state index contributed by atoms with van der Waals surface area (Å²) in [5.74, 6) is 0.472. The number of fused-ring (bicyclic) bond motifs is 1. The molecule has 1 aliphatic rings. The van der Waals surface area contributed by atoms with Crippen LogP contribution in [0.2, 0.25) is 0 Å². The van der Waals surface area contributed by atoms with Gasteiger partial charge < -0.3 is 4.74 Å². The minimum absolute atomic E-state index is 0.0312. The molecule has 0 fully saturated rings. The Morgan fingerprint density at radius 3 is 2.94 bits per heavy atom. The fourth-order valence-electron chi connectivity index (χ4n) is 1.85. The predicted octanol–water partition coefficient (Wildman–Crippen LogP) is 2.25. The second-order valence-electron chi connectivity index (χ2n) is 3.96. The highest BCUT2D eigenvalue weighted by Crippen LogP contribution is 2.28. The van der Waals surface area contributed by atoms with Gasteiger partial charge in [0.15, 0.2) is 5.78 Å². The number of para-hydroxylation sites is 1. The van der Waals surface area contributed by atoms with Crippen molar-refractivity contribution in [3.05, 3.63) is 29.8 Å². The standard InChI is InChI=1S/C13H14O3/c1-2-10(14)7-9-8-16-12-6-4-3-5-11(12)13(9)15/h3-6,9H,2,7-8H2,1H3. The highest BCUT2D eigenvalue weighted by Gasteiger charge is 2.29. The van der Waals surface area contributed by atoms with E-state index < -0.39 is 0 Å². The molecule has 1 aliphatic heterocycles. The van der Waals surface area contributed by atoms with Crippen molar-refractivity contribution in [3.63, 3.8) is 0 Å². The van der Waals surface area contributed by atoms with Crippen LogP contribution in [0, 0.1) is 5.92 Å². The van der Waals surface area contributed by atoms with Gasteiger partial charge in [0.1, 0.15) is 11.5 Å². The van der Waals surface area contributed by atoms with Crippen LogP contribution in [-0.2, 0) is 4.79 Å². The summed E-state index contributed by atoms with van der Waals surface area (Å²) in [5.41, 5.74) is 0.600. The van der Waals surface area contributed by atoms with E-state index in [1.165, 1.54) is 0 Å². The highest BCUT2D eigenvalue weighted by atomic mass is 16.5. The van der Waals surface area contributed by atoms with Gasteiger partial charge in [-0.25, -0.2) is 0 Å².